The predicted molar refractivity (Wildman–Crippen MR) is 48.8 cm³/mol. The van der Waals surface area contributed by atoms with E-state index in [-0.39, 0.29) is 12.4 Å². The number of halogens is 1. The maximum atomic E-state index is 4.12. The minimum atomic E-state index is 0. The second kappa shape index (κ2) is 5.20. The monoisotopic (exact) mass is 197 g/mol. The smallest absolute Gasteiger partial charge is 0.0335 e. The van der Waals surface area contributed by atoms with Crippen LogP contribution < -0.4 is 17.7 Å². The van der Waals surface area contributed by atoms with Gasteiger partial charge in [0.2, 0.25) is 0 Å². The van der Waals surface area contributed by atoms with Crippen LogP contribution in [-0.4, -0.2) is 11.5 Å². The van der Waals surface area contributed by atoms with E-state index in [0.717, 1.165) is 6.54 Å². The van der Waals surface area contributed by atoms with Crippen molar-refractivity contribution in [2.24, 2.45) is 0 Å². The Morgan fingerprint density at radius 2 is 2.31 bits per heavy atom. The Kier molecular flexibility index (Phi) is 4.19. The summed E-state index contributed by atoms with van der Waals surface area (Å²) in [5.74, 6) is 0. The van der Waals surface area contributed by atoms with Crippen molar-refractivity contribution in [3.8, 4) is 0 Å². The molecular weight excluding hydrogens is 184 g/mol. The first-order valence-electron chi connectivity index (χ1n) is 4.60. The molecule has 1 atom stereocenters. The van der Waals surface area contributed by atoms with Crippen LogP contribution in [0.4, 0.5) is 0 Å². The first-order valence-corrected chi connectivity index (χ1v) is 4.60. The summed E-state index contributed by atoms with van der Waals surface area (Å²) in [7, 11) is 0. The van der Waals surface area contributed by atoms with Gasteiger partial charge in [-0.15, -0.1) is 0 Å². The van der Waals surface area contributed by atoms with Crippen LogP contribution in [0.3, 0.4) is 0 Å². The number of hydrogen-bond acceptors (Lipinski definition) is 2. The third kappa shape index (κ3) is 2.68. The lowest BCUT2D eigenvalue weighted by Crippen LogP contribution is -3.00. The Morgan fingerprint density at radius 3 is 2.92 bits per heavy atom. The van der Waals surface area contributed by atoms with Crippen LogP contribution in [0, 0.1) is 0 Å². The molecule has 1 aromatic rings. The Labute approximate surface area is 85.2 Å². The fourth-order valence-electron chi connectivity index (χ4n) is 1.72. The van der Waals surface area contributed by atoms with Crippen molar-refractivity contribution in [2.75, 3.05) is 6.54 Å². The molecule has 3 heteroatoms. The quantitative estimate of drug-likeness (QED) is 0.619. The molecule has 2 heterocycles. The highest BCUT2D eigenvalue weighted by Gasteiger charge is 2.13. The summed E-state index contributed by atoms with van der Waals surface area (Å²) in [6, 6.07) is 4.70. The van der Waals surface area contributed by atoms with Gasteiger partial charge in [0.1, 0.15) is 0 Å². The summed E-state index contributed by atoms with van der Waals surface area (Å²) in [6.07, 6.45) is 7.70. The third-order valence-corrected chi connectivity index (χ3v) is 2.40. The van der Waals surface area contributed by atoms with Gasteiger partial charge in [0.25, 0.3) is 0 Å². The molecule has 1 aliphatic heterocycles. The van der Waals surface area contributed by atoms with Crippen molar-refractivity contribution in [3.05, 3.63) is 30.1 Å². The molecule has 72 valence electrons. The van der Waals surface area contributed by atoms with E-state index in [4.69, 9.17) is 0 Å². The molecule has 2 rings (SSSR count). The van der Waals surface area contributed by atoms with E-state index in [1.165, 1.54) is 24.8 Å². The lowest BCUT2D eigenvalue weighted by atomic mass is 9.99. The Bertz CT molecular complexity index is 232. The molecule has 1 aliphatic rings. The van der Waals surface area contributed by atoms with Gasteiger partial charge >= 0.3 is 0 Å². The van der Waals surface area contributed by atoms with E-state index in [0.29, 0.717) is 6.04 Å². The van der Waals surface area contributed by atoms with Crippen LogP contribution in [0.2, 0.25) is 0 Å². The molecule has 0 radical (unpaired) electrons. The van der Waals surface area contributed by atoms with Crippen LogP contribution in [-0.2, 0) is 0 Å². The summed E-state index contributed by atoms with van der Waals surface area (Å²) in [4.78, 5) is 4.12. The molecule has 0 aromatic carbocycles. The molecule has 0 saturated carbocycles. The van der Waals surface area contributed by atoms with Gasteiger partial charge in [0, 0.05) is 18.4 Å². The minimum absolute atomic E-state index is 0. The number of pyridine rings is 1. The molecule has 13 heavy (non-hydrogen) atoms. The van der Waals surface area contributed by atoms with E-state index in [1.54, 1.807) is 0 Å². The van der Waals surface area contributed by atoms with Gasteiger partial charge in [-0.3, -0.25) is 4.98 Å². The lowest BCUT2D eigenvalue weighted by molar-refractivity contribution is -0.00000257. The van der Waals surface area contributed by atoms with Gasteiger partial charge < -0.3 is 17.7 Å². The lowest BCUT2D eigenvalue weighted by Gasteiger charge is -2.23. The average Bonchev–Trinajstić information content (AvgIpc) is 2.21. The van der Waals surface area contributed by atoms with E-state index in [9.17, 15) is 0 Å². The maximum Gasteiger partial charge on any atom is 0.0335 e. The van der Waals surface area contributed by atoms with Crippen molar-refractivity contribution in [1.29, 1.82) is 0 Å². The van der Waals surface area contributed by atoms with Crippen LogP contribution in [0.1, 0.15) is 30.9 Å². The molecule has 1 aromatic heterocycles. The van der Waals surface area contributed by atoms with Gasteiger partial charge in [-0.25, -0.2) is 0 Å². The van der Waals surface area contributed by atoms with Gasteiger partial charge in [0.15, 0.2) is 0 Å². The molecular formula is C10H14ClN2-. The van der Waals surface area contributed by atoms with Gasteiger partial charge in [0.05, 0.1) is 0 Å². The zero-order chi connectivity index (χ0) is 8.23. The molecule has 0 amide bonds. The van der Waals surface area contributed by atoms with Crippen LogP contribution in [0.25, 0.3) is 0 Å². The Morgan fingerprint density at radius 1 is 1.38 bits per heavy atom. The first-order chi connectivity index (χ1) is 5.97. The fraction of sp³-hybridized carbons (Fsp3) is 0.500. The Hall–Kier alpha value is -0.600. The summed E-state index contributed by atoms with van der Waals surface area (Å²) in [6.45, 7) is 1.15. The number of hydrogen-bond donors (Lipinski definition) is 1. The second-order valence-electron chi connectivity index (χ2n) is 3.29. The largest absolute Gasteiger partial charge is 1.00 e. The summed E-state index contributed by atoms with van der Waals surface area (Å²) in [5.41, 5.74) is 1.33. The highest BCUT2D eigenvalue weighted by Crippen LogP contribution is 2.21. The normalized spacial score (nSPS) is 22.0. The molecule has 1 unspecified atom stereocenters. The van der Waals surface area contributed by atoms with E-state index in [1.807, 2.05) is 18.5 Å². The van der Waals surface area contributed by atoms with Gasteiger partial charge in [-0.05, 0) is 31.0 Å². The summed E-state index contributed by atoms with van der Waals surface area (Å²) < 4.78 is 0. The van der Waals surface area contributed by atoms with Crippen molar-refractivity contribution in [1.82, 2.24) is 10.3 Å². The number of aromatic nitrogens is 1. The van der Waals surface area contributed by atoms with Crippen molar-refractivity contribution < 1.29 is 12.4 Å². The Balaban J connectivity index is 0.000000845. The molecule has 2 nitrogen and oxygen atoms in total. The highest BCUT2D eigenvalue weighted by molar-refractivity contribution is 5.14. The molecule has 1 saturated heterocycles. The fourth-order valence-corrected chi connectivity index (χ4v) is 1.72. The van der Waals surface area contributed by atoms with Crippen molar-refractivity contribution in [3.63, 3.8) is 0 Å². The summed E-state index contributed by atoms with van der Waals surface area (Å²) in [5, 5.41) is 3.50. The van der Waals surface area contributed by atoms with Crippen molar-refractivity contribution in [2.45, 2.75) is 25.3 Å². The molecule has 0 spiro atoms. The maximum absolute atomic E-state index is 4.12. The number of nitrogens with one attached hydrogen (secondary N) is 1. The molecule has 0 aliphatic carbocycles. The van der Waals surface area contributed by atoms with Crippen LogP contribution in [0.15, 0.2) is 24.5 Å². The first kappa shape index (κ1) is 10.5. The molecule has 1 N–H and O–H groups in total. The zero-order valence-corrected chi connectivity index (χ0v) is 8.30. The standard InChI is InChI=1S/C10H14N2.ClH/c1-2-7-12-10(5-1)9-4-3-6-11-8-9;/h3-4,6,8,10,12H,1-2,5,7H2;1H/p-1. The van der Waals surface area contributed by atoms with Gasteiger partial charge in [-0.1, -0.05) is 12.5 Å². The highest BCUT2D eigenvalue weighted by atomic mass is 35.5. The summed E-state index contributed by atoms with van der Waals surface area (Å²) >= 11 is 0. The zero-order valence-electron chi connectivity index (χ0n) is 7.54. The molecule has 0 bridgehead atoms. The van der Waals surface area contributed by atoms with E-state index in [2.05, 4.69) is 16.4 Å². The number of rotatable bonds is 1. The van der Waals surface area contributed by atoms with E-state index >= 15 is 0 Å². The van der Waals surface area contributed by atoms with Crippen molar-refractivity contribution >= 4 is 0 Å². The minimum Gasteiger partial charge on any atom is -1.00 e. The second-order valence-corrected chi connectivity index (χ2v) is 3.29. The molecule has 1 fully saturated rings. The van der Waals surface area contributed by atoms with Crippen LogP contribution in [0.5, 0.6) is 0 Å². The average molecular weight is 198 g/mol. The van der Waals surface area contributed by atoms with Crippen LogP contribution >= 0.6 is 0 Å². The number of nitrogens with zero attached hydrogens (tertiary/aromatic N) is 1. The van der Waals surface area contributed by atoms with E-state index < -0.39 is 0 Å². The predicted octanol–water partition coefficient (Wildman–Crippen LogP) is -1.10. The number of piperidine rings is 1. The SMILES string of the molecule is [Cl-].c1cncc(C2CCCCN2)c1. The third-order valence-electron chi connectivity index (χ3n) is 2.40. The van der Waals surface area contributed by atoms with Gasteiger partial charge in [-0.2, -0.15) is 0 Å². The topological polar surface area (TPSA) is 24.9 Å².